The number of benzene rings is 2. The first-order valence-electron chi connectivity index (χ1n) is 16.1. The molecule has 262 valence electrons. The summed E-state index contributed by atoms with van der Waals surface area (Å²) >= 11 is 0. The molecule has 0 aromatic heterocycles. The fourth-order valence-electron chi connectivity index (χ4n) is 5.77. The molecule has 0 bridgehead atoms. The zero-order valence-corrected chi connectivity index (χ0v) is 29.3. The van der Waals surface area contributed by atoms with Gasteiger partial charge in [0, 0.05) is 32.8 Å². The summed E-state index contributed by atoms with van der Waals surface area (Å²) in [4.78, 5) is 17.3. The first-order chi connectivity index (χ1) is 22.4. The minimum absolute atomic E-state index is 0.000998. The molecule has 13 heteroatoms. The Hall–Kier alpha value is -3.10. The van der Waals surface area contributed by atoms with Gasteiger partial charge in [-0.25, -0.2) is 4.79 Å². The number of nitrogens with zero attached hydrogens (tertiary/aromatic N) is 2. The lowest BCUT2D eigenvalue weighted by atomic mass is 9.84. The molecule has 12 nitrogen and oxygen atoms in total. The Bertz CT molecular complexity index is 1400. The van der Waals surface area contributed by atoms with Gasteiger partial charge in [0.05, 0.1) is 64.1 Å². The second-order valence-corrected chi connectivity index (χ2v) is 14.5. The molecule has 2 aromatic carbocycles. The van der Waals surface area contributed by atoms with Crippen molar-refractivity contribution in [1.82, 2.24) is 4.90 Å². The summed E-state index contributed by atoms with van der Waals surface area (Å²) in [7, 11) is -0.232. The van der Waals surface area contributed by atoms with E-state index in [-0.39, 0.29) is 25.7 Å². The third kappa shape index (κ3) is 11.2. The molecule has 2 aliphatic rings. The van der Waals surface area contributed by atoms with Gasteiger partial charge >= 0.3 is 6.09 Å². The first-order valence-corrected chi connectivity index (χ1v) is 17.9. The van der Waals surface area contributed by atoms with E-state index in [0.29, 0.717) is 32.8 Å². The summed E-state index contributed by atoms with van der Waals surface area (Å²) in [5.41, 5.74) is 2.29. The molecule has 0 N–H and O–H groups in total. The van der Waals surface area contributed by atoms with E-state index < -0.39 is 34.0 Å². The van der Waals surface area contributed by atoms with Crippen LogP contribution in [-0.4, -0.2) is 110 Å². The summed E-state index contributed by atoms with van der Waals surface area (Å²) in [6, 6.07) is 13.9. The maximum atomic E-state index is 13.4. The molecule has 0 spiro atoms. The molecule has 0 saturated carbocycles. The lowest BCUT2D eigenvalue weighted by Gasteiger charge is -2.43. The number of piperidine rings is 1. The quantitative estimate of drug-likeness (QED) is 0.194. The van der Waals surface area contributed by atoms with Crippen molar-refractivity contribution in [2.24, 2.45) is 0 Å². The molecule has 2 heterocycles. The average Bonchev–Trinajstić information content (AvgIpc) is 3.02. The fraction of sp³-hybridized carbons (Fsp3) is 0.618. The van der Waals surface area contributed by atoms with Crippen LogP contribution < -0.4 is 14.4 Å². The number of amides is 1. The van der Waals surface area contributed by atoms with Crippen molar-refractivity contribution in [3.8, 4) is 11.5 Å². The van der Waals surface area contributed by atoms with Crippen LogP contribution in [0.3, 0.4) is 0 Å². The molecule has 47 heavy (non-hydrogen) atoms. The van der Waals surface area contributed by atoms with E-state index in [2.05, 4.69) is 11.0 Å². The third-order valence-corrected chi connectivity index (χ3v) is 8.49. The minimum atomic E-state index is -3.56. The van der Waals surface area contributed by atoms with Gasteiger partial charge in [-0.2, -0.15) is 8.42 Å². The summed E-state index contributed by atoms with van der Waals surface area (Å²) in [5.74, 6) is 1.32. The number of carbonyl (C=O) groups is 1. The van der Waals surface area contributed by atoms with E-state index in [4.69, 9.17) is 32.6 Å². The van der Waals surface area contributed by atoms with E-state index in [1.54, 1.807) is 19.1 Å². The predicted molar refractivity (Wildman–Crippen MR) is 178 cm³/mol. The van der Waals surface area contributed by atoms with Crippen LogP contribution in [0.25, 0.3) is 0 Å². The van der Waals surface area contributed by atoms with Crippen molar-refractivity contribution < 1.29 is 45.8 Å². The van der Waals surface area contributed by atoms with E-state index in [1.807, 2.05) is 57.2 Å². The molecule has 2 aromatic rings. The smallest absolute Gasteiger partial charge is 0.410 e. The first kappa shape index (κ1) is 36.7. The Labute approximate surface area is 279 Å². The number of hydrogen-bond acceptors (Lipinski definition) is 11. The minimum Gasteiger partial charge on any atom is -0.497 e. The molecule has 1 fully saturated rings. The van der Waals surface area contributed by atoms with E-state index in [9.17, 15) is 13.2 Å². The molecular formula is C34H50N2O10S. The van der Waals surface area contributed by atoms with Crippen LogP contribution in [0.15, 0.2) is 42.5 Å². The van der Waals surface area contributed by atoms with Crippen LogP contribution in [0.1, 0.15) is 50.7 Å². The van der Waals surface area contributed by atoms with Gasteiger partial charge < -0.3 is 38.2 Å². The summed E-state index contributed by atoms with van der Waals surface area (Å²) < 4.78 is 63.2. The topological polar surface area (TPSA) is 122 Å². The molecular weight excluding hydrogens is 628 g/mol. The van der Waals surface area contributed by atoms with Gasteiger partial charge in [-0.15, -0.1) is 0 Å². The highest BCUT2D eigenvalue weighted by atomic mass is 32.2. The van der Waals surface area contributed by atoms with Crippen LogP contribution in [0, 0.1) is 0 Å². The maximum Gasteiger partial charge on any atom is 0.410 e. The molecule has 0 radical (unpaired) electrons. The number of hydrogen-bond donors (Lipinski definition) is 0. The van der Waals surface area contributed by atoms with Crippen molar-refractivity contribution in [1.29, 1.82) is 0 Å². The van der Waals surface area contributed by atoms with Gasteiger partial charge in [-0.3, -0.25) is 4.18 Å². The van der Waals surface area contributed by atoms with Crippen molar-refractivity contribution in [2.45, 2.75) is 63.9 Å². The molecule has 2 aliphatic heterocycles. The maximum absolute atomic E-state index is 13.4. The highest BCUT2D eigenvalue weighted by Crippen LogP contribution is 2.36. The van der Waals surface area contributed by atoms with Gasteiger partial charge in [0.25, 0.3) is 10.1 Å². The van der Waals surface area contributed by atoms with Crippen LogP contribution in [-0.2, 0) is 39.9 Å². The number of carbonyl (C=O) groups excluding carboxylic acids is 1. The highest BCUT2D eigenvalue weighted by Gasteiger charge is 2.42. The summed E-state index contributed by atoms with van der Waals surface area (Å²) in [5, 5.41) is 0. The average molecular weight is 679 g/mol. The Balaban J connectivity index is 1.58. The van der Waals surface area contributed by atoms with Crippen molar-refractivity contribution in [3.63, 3.8) is 0 Å². The van der Waals surface area contributed by atoms with Gasteiger partial charge in [-0.05, 0) is 69.0 Å². The van der Waals surface area contributed by atoms with Crippen molar-refractivity contribution >= 4 is 21.9 Å². The van der Waals surface area contributed by atoms with Crippen LogP contribution >= 0.6 is 0 Å². The van der Waals surface area contributed by atoms with Gasteiger partial charge in [0.1, 0.15) is 23.7 Å². The van der Waals surface area contributed by atoms with Crippen LogP contribution in [0.5, 0.6) is 11.5 Å². The van der Waals surface area contributed by atoms with Crippen LogP contribution in [0.2, 0.25) is 0 Å². The zero-order chi connectivity index (χ0) is 34.0. The largest absolute Gasteiger partial charge is 0.497 e. The molecule has 3 atom stereocenters. The standard InChI is InChI=1S/C34H50N2O10S/c1-34(2,3)46-33(37)36-22-30(42-18-8-19-45-47(6,38)39)32(26-10-12-27(41-5)13-11-26)31(23-36)44-24-25-9-14-29-28(21-25)35(16-20-43-29)15-7-17-40-4/h9-14,21,30-32H,7-8,15-20,22-24H2,1-6H3/t30-,31+,32+/m1/s1. The number of rotatable bonds is 15. The number of fused-ring (bicyclic) bond motifs is 1. The molecule has 1 amide bonds. The predicted octanol–water partition coefficient (Wildman–Crippen LogP) is 4.60. The molecule has 0 unspecified atom stereocenters. The second kappa shape index (κ2) is 16.8. The van der Waals surface area contributed by atoms with Crippen LogP contribution in [0.4, 0.5) is 10.5 Å². The third-order valence-electron chi connectivity index (χ3n) is 7.90. The van der Waals surface area contributed by atoms with Crippen molar-refractivity contribution in [3.05, 3.63) is 53.6 Å². The number of anilines is 1. The monoisotopic (exact) mass is 678 g/mol. The van der Waals surface area contributed by atoms with E-state index >= 15 is 0 Å². The van der Waals surface area contributed by atoms with E-state index in [0.717, 1.165) is 54.1 Å². The number of methoxy groups -OCH3 is 2. The normalized spacial score (nSPS) is 20.0. The SMILES string of the molecule is COCCCN1CCOc2ccc(CO[C@H]3CN(C(=O)OC(C)(C)C)C[C@@H](OCCCOS(C)(=O)=O)[C@@H]3c3ccc(OC)cc3)cc21. The molecule has 0 aliphatic carbocycles. The zero-order valence-electron chi connectivity index (χ0n) is 28.4. The lowest BCUT2D eigenvalue weighted by Crippen LogP contribution is -2.55. The molecule has 1 saturated heterocycles. The van der Waals surface area contributed by atoms with Gasteiger partial charge in [0.2, 0.25) is 0 Å². The van der Waals surface area contributed by atoms with Gasteiger partial charge in [-0.1, -0.05) is 18.2 Å². The molecule has 4 rings (SSSR count). The lowest BCUT2D eigenvalue weighted by molar-refractivity contribution is -0.0969. The highest BCUT2D eigenvalue weighted by molar-refractivity contribution is 7.85. The second-order valence-electron chi connectivity index (χ2n) is 12.8. The van der Waals surface area contributed by atoms with Gasteiger partial charge in [0.15, 0.2) is 0 Å². The number of likely N-dealkylation sites (tertiary alicyclic amines) is 1. The summed E-state index contributed by atoms with van der Waals surface area (Å²) in [6.45, 7) is 9.54. The van der Waals surface area contributed by atoms with Crippen molar-refractivity contribution in [2.75, 3.05) is 78.0 Å². The number of ether oxygens (including phenoxy) is 6. The Morgan fingerprint density at radius 1 is 0.957 bits per heavy atom. The summed E-state index contributed by atoms with van der Waals surface area (Å²) in [6.07, 6.45) is 0.905. The van der Waals surface area contributed by atoms with E-state index in [1.165, 1.54) is 0 Å². The Morgan fingerprint density at radius 3 is 2.34 bits per heavy atom. The Morgan fingerprint density at radius 2 is 1.68 bits per heavy atom. The Kier molecular flexibility index (Phi) is 13.2. The fourth-order valence-corrected chi connectivity index (χ4v) is 6.19.